The molecule has 0 rings (SSSR count). The Kier molecular flexibility index (Phi) is 13.0. The molecule has 174 valence electrons. The molecule has 0 saturated carbocycles. The molecule has 3 heteroatoms. The van der Waals surface area contributed by atoms with Crippen molar-refractivity contribution in [1.82, 2.24) is 0 Å². The number of halogens is 3. The molecule has 0 heterocycles. The van der Waals surface area contributed by atoms with E-state index in [9.17, 15) is 13.2 Å². The summed E-state index contributed by atoms with van der Waals surface area (Å²) in [6.07, 6.45) is 9.66. The van der Waals surface area contributed by atoms with E-state index in [4.69, 9.17) is 0 Å². The van der Waals surface area contributed by atoms with E-state index < -0.39 is 17.5 Å². The summed E-state index contributed by atoms with van der Waals surface area (Å²) in [7, 11) is 0. The van der Waals surface area contributed by atoms with Crippen molar-refractivity contribution in [2.24, 2.45) is 11.8 Å². The van der Waals surface area contributed by atoms with Gasteiger partial charge in [-0.2, -0.15) is 0 Å². The molecule has 0 aromatic heterocycles. The zero-order valence-electron chi connectivity index (χ0n) is 20.0. The zero-order valence-corrected chi connectivity index (χ0v) is 20.0. The van der Waals surface area contributed by atoms with Gasteiger partial charge in [0.05, 0.1) is 0 Å². The predicted octanol–water partition coefficient (Wildman–Crippen LogP) is 9.92. The van der Waals surface area contributed by atoms with Gasteiger partial charge >= 0.3 is 0 Å². The van der Waals surface area contributed by atoms with E-state index in [0.717, 1.165) is 12.8 Å². The van der Waals surface area contributed by atoms with Crippen LogP contribution in [0.25, 0.3) is 0 Å². The van der Waals surface area contributed by atoms with E-state index in [1.165, 1.54) is 18.2 Å². The lowest BCUT2D eigenvalue weighted by Gasteiger charge is -2.15. The molecule has 0 nitrogen and oxygen atoms in total. The molecule has 0 bridgehead atoms. The van der Waals surface area contributed by atoms with Crippen LogP contribution in [0, 0.1) is 11.8 Å². The molecule has 0 N–H and O–H groups in total. The smallest absolute Gasteiger partial charge is 0.166 e. The van der Waals surface area contributed by atoms with E-state index in [1.54, 1.807) is 19.1 Å². The van der Waals surface area contributed by atoms with E-state index in [0.29, 0.717) is 22.6 Å². The molecule has 32 heavy (non-hydrogen) atoms. The standard InChI is InChI=1S/C29H37F3/c1-11-12-13-23(7)28(31)29(32)26(10)22(6)17-16-20(4)24(8)18-27(30)25(9)21(5)15-14-19(2)3/h11-12,16-19,21H,4,6-10,13-15H2,1-3,5H3/b12-11-,17-16-,27-18+,29-28-. The predicted molar refractivity (Wildman–Crippen MR) is 135 cm³/mol. The van der Waals surface area contributed by atoms with E-state index in [2.05, 4.69) is 53.3 Å². The Hall–Kier alpha value is -2.81. The van der Waals surface area contributed by atoms with Gasteiger partial charge in [0.15, 0.2) is 11.7 Å². The van der Waals surface area contributed by atoms with Crippen LogP contribution in [0.2, 0.25) is 0 Å². The van der Waals surface area contributed by atoms with Gasteiger partial charge in [0, 0.05) is 5.57 Å². The number of rotatable bonds is 14. The fraction of sp³-hybridized carbons (Fsp3) is 0.310. The average Bonchev–Trinajstić information content (AvgIpc) is 2.76. The highest BCUT2D eigenvalue weighted by Gasteiger charge is 2.14. The Morgan fingerprint density at radius 1 is 0.781 bits per heavy atom. The lowest BCUT2D eigenvalue weighted by Crippen LogP contribution is -2.02. The Morgan fingerprint density at radius 2 is 1.34 bits per heavy atom. The molecule has 1 atom stereocenters. The van der Waals surface area contributed by atoms with Crippen molar-refractivity contribution < 1.29 is 13.2 Å². The molecule has 0 fully saturated rings. The Bertz CT molecular complexity index is 885. The van der Waals surface area contributed by atoms with Crippen LogP contribution >= 0.6 is 0 Å². The van der Waals surface area contributed by atoms with Crippen molar-refractivity contribution in [2.45, 2.75) is 47.0 Å². The first kappa shape index (κ1) is 29.2. The topological polar surface area (TPSA) is 0 Å². The highest BCUT2D eigenvalue weighted by Crippen LogP contribution is 2.29. The minimum Gasteiger partial charge on any atom is -0.207 e. The molecular weight excluding hydrogens is 405 g/mol. The lowest BCUT2D eigenvalue weighted by atomic mass is 9.92. The van der Waals surface area contributed by atoms with Gasteiger partial charge in [0.1, 0.15) is 5.83 Å². The summed E-state index contributed by atoms with van der Waals surface area (Å²) in [6.45, 7) is 30.3. The Balaban J connectivity index is 5.18. The second kappa shape index (κ2) is 14.3. The molecule has 0 radical (unpaired) electrons. The molecular formula is C29H37F3. The van der Waals surface area contributed by atoms with Crippen molar-refractivity contribution in [3.63, 3.8) is 0 Å². The van der Waals surface area contributed by atoms with Gasteiger partial charge in [-0.15, -0.1) is 0 Å². The van der Waals surface area contributed by atoms with E-state index in [1.807, 2.05) is 6.92 Å². The molecule has 0 aromatic rings. The van der Waals surface area contributed by atoms with Crippen LogP contribution in [-0.2, 0) is 0 Å². The molecule has 0 saturated heterocycles. The maximum Gasteiger partial charge on any atom is 0.166 e. The van der Waals surface area contributed by atoms with Crippen LogP contribution in [0.3, 0.4) is 0 Å². The minimum absolute atomic E-state index is 0.0137. The van der Waals surface area contributed by atoms with Gasteiger partial charge in [0.2, 0.25) is 0 Å². The zero-order chi connectivity index (χ0) is 25.0. The SMILES string of the molecule is C=C(/C=C\C(=C)C(=C)/C(F)=C(/F)C(=C)C/C=C\C)C(=C)/C=C(/F)C(=C)C(C)CCC(C)C. The van der Waals surface area contributed by atoms with Crippen molar-refractivity contribution in [1.29, 1.82) is 0 Å². The largest absolute Gasteiger partial charge is 0.207 e. The molecule has 0 amide bonds. The second-order valence-electron chi connectivity index (χ2n) is 8.28. The molecule has 0 aliphatic carbocycles. The first-order valence-corrected chi connectivity index (χ1v) is 10.7. The van der Waals surface area contributed by atoms with Crippen LogP contribution in [0.15, 0.2) is 121 Å². The minimum atomic E-state index is -1.11. The van der Waals surface area contributed by atoms with Gasteiger partial charge in [-0.1, -0.05) is 91.0 Å². The summed E-state index contributed by atoms with van der Waals surface area (Å²) in [5, 5.41) is 0. The van der Waals surface area contributed by atoms with Crippen LogP contribution in [-0.4, -0.2) is 0 Å². The number of allylic oxidation sites excluding steroid dienone is 14. The summed E-state index contributed by atoms with van der Waals surface area (Å²) in [4.78, 5) is 0. The summed E-state index contributed by atoms with van der Waals surface area (Å²) in [5.74, 6) is -2.06. The second-order valence-corrected chi connectivity index (χ2v) is 8.28. The Labute approximate surface area is 193 Å². The first-order valence-electron chi connectivity index (χ1n) is 10.7. The van der Waals surface area contributed by atoms with Crippen molar-refractivity contribution >= 4 is 0 Å². The molecule has 0 spiro atoms. The Morgan fingerprint density at radius 3 is 1.88 bits per heavy atom. The molecule has 1 unspecified atom stereocenters. The maximum absolute atomic E-state index is 14.6. The highest BCUT2D eigenvalue weighted by molar-refractivity contribution is 5.53. The molecule has 0 aromatic carbocycles. The van der Waals surface area contributed by atoms with Gasteiger partial charge in [-0.05, 0) is 65.5 Å². The highest BCUT2D eigenvalue weighted by atomic mass is 19.2. The number of hydrogen-bond donors (Lipinski definition) is 0. The maximum atomic E-state index is 14.6. The molecule has 0 aliphatic heterocycles. The van der Waals surface area contributed by atoms with Crippen molar-refractivity contribution in [3.05, 3.63) is 121 Å². The van der Waals surface area contributed by atoms with Crippen LogP contribution in [0.1, 0.15) is 47.0 Å². The fourth-order valence-corrected chi connectivity index (χ4v) is 2.52. The van der Waals surface area contributed by atoms with Gasteiger partial charge in [-0.3, -0.25) is 0 Å². The van der Waals surface area contributed by atoms with E-state index in [-0.39, 0.29) is 29.1 Å². The van der Waals surface area contributed by atoms with Gasteiger partial charge < -0.3 is 0 Å². The third kappa shape index (κ3) is 10.00. The summed E-state index contributed by atoms with van der Waals surface area (Å²) >= 11 is 0. The van der Waals surface area contributed by atoms with Gasteiger partial charge in [0.25, 0.3) is 0 Å². The van der Waals surface area contributed by atoms with E-state index >= 15 is 0 Å². The third-order valence-corrected chi connectivity index (χ3v) is 5.03. The summed E-state index contributed by atoms with van der Waals surface area (Å²) in [5.41, 5.74) is 1.13. The van der Waals surface area contributed by atoms with Crippen LogP contribution in [0.5, 0.6) is 0 Å². The van der Waals surface area contributed by atoms with Crippen LogP contribution < -0.4 is 0 Å². The van der Waals surface area contributed by atoms with Gasteiger partial charge in [-0.25, -0.2) is 13.2 Å². The summed E-state index contributed by atoms with van der Waals surface area (Å²) < 4.78 is 43.1. The lowest BCUT2D eigenvalue weighted by molar-refractivity contribution is 0.478. The number of hydrogen-bond acceptors (Lipinski definition) is 0. The average molecular weight is 443 g/mol. The first-order chi connectivity index (χ1) is 14.8. The van der Waals surface area contributed by atoms with Crippen molar-refractivity contribution in [2.75, 3.05) is 0 Å². The monoisotopic (exact) mass is 442 g/mol. The normalized spacial score (nSPS) is 13.9. The molecule has 0 aliphatic rings. The van der Waals surface area contributed by atoms with Crippen LogP contribution in [0.4, 0.5) is 13.2 Å². The fourth-order valence-electron chi connectivity index (χ4n) is 2.52. The van der Waals surface area contributed by atoms with Crippen molar-refractivity contribution in [3.8, 4) is 0 Å². The quantitative estimate of drug-likeness (QED) is 0.185. The summed E-state index contributed by atoms with van der Waals surface area (Å²) in [6, 6.07) is 0. The third-order valence-electron chi connectivity index (χ3n) is 5.03.